The van der Waals surface area contributed by atoms with E-state index in [1.807, 2.05) is 30.3 Å². The lowest BCUT2D eigenvalue weighted by molar-refractivity contribution is 0.0932. The van der Waals surface area contributed by atoms with E-state index in [-0.39, 0.29) is 11.6 Å². The number of aromatic nitrogens is 2. The van der Waals surface area contributed by atoms with E-state index >= 15 is 0 Å². The maximum atomic E-state index is 11.7. The van der Waals surface area contributed by atoms with Crippen molar-refractivity contribution in [3.63, 3.8) is 0 Å². The Bertz CT molecular complexity index is 558. The van der Waals surface area contributed by atoms with Crippen LogP contribution in [0.3, 0.4) is 0 Å². The summed E-state index contributed by atoms with van der Waals surface area (Å²) in [5.41, 5.74) is 1.44. The second kappa shape index (κ2) is 7.96. The number of nitrogens with zero attached hydrogens (tertiary/aromatic N) is 2. The Morgan fingerprint density at radius 1 is 1.19 bits per heavy atom. The average Bonchev–Trinajstić information content (AvgIpc) is 2.54. The first kappa shape index (κ1) is 14.9. The number of hydrogen-bond acceptors (Lipinski definition) is 5. The quantitative estimate of drug-likeness (QED) is 0.754. The molecular formula is C15H18N4O2. The molecule has 6 nitrogen and oxygen atoms in total. The molecule has 0 aliphatic rings. The van der Waals surface area contributed by atoms with Gasteiger partial charge in [-0.1, -0.05) is 30.3 Å². The van der Waals surface area contributed by atoms with Gasteiger partial charge in [0.2, 0.25) is 0 Å². The zero-order chi connectivity index (χ0) is 14.9. The van der Waals surface area contributed by atoms with Crippen LogP contribution in [0.4, 0.5) is 5.82 Å². The molecule has 110 valence electrons. The molecule has 0 spiro atoms. The summed E-state index contributed by atoms with van der Waals surface area (Å²) >= 11 is 0. The molecule has 1 aromatic heterocycles. The summed E-state index contributed by atoms with van der Waals surface area (Å²) in [7, 11) is 1.58. The van der Waals surface area contributed by atoms with Crippen molar-refractivity contribution in [1.82, 2.24) is 15.3 Å². The smallest absolute Gasteiger partial charge is 0.271 e. The van der Waals surface area contributed by atoms with Crippen molar-refractivity contribution in [1.29, 1.82) is 0 Å². The third kappa shape index (κ3) is 4.85. The lowest BCUT2D eigenvalue weighted by Crippen LogP contribution is -2.27. The van der Waals surface area contributed by atoms with Crippen LogP contribution in [0.5, 0.6) is 0 Å². The van der Waals surface area contributed by atoms with E-state index in [0.29, 0.717) is 25.5 Å². The topological polar surface area (TPSA) is 76.1 Å². The van der Waals surface area contributed by atoms with E-state index in [9.17, 15) is 4.79 Å². The fraction of sp³-hybridized carbons (Fsp3) is 0.267. The zero-order valence-electron chi connectivity index (χ0n) is 11.9. The Hall–Kier alpha value is -2.47. The van der Waals surface area contributed by atoms with Crippen molar-refractivity contribution in [2.45, 2.75) is 6.54 Å². The van der Waals surface area contributed by atoms with Crippen LogP contribution in [0, 0.1) is 0 Å². The van der Waals surface area contributed by atoms with Gasteiger partial charge in [0.25, 0.3) is 5.91 Å². The molecular weight excluding hydrogens is 268 g/mol. The minimum absolute atomic E-state index is 0.255. The summed E-state index contributed by atoms with van der Waals surface area (Å²) in [4.78, 5) is 20.0. The fourth-order valence-corrected chi connectivity index (χ4v) is 1.68. The number of nitrogens with one attached hydrogen (secondary N) is 2. The Balaban J connectivity index is 1.85. The van der Waals surface area contributed by atoms with E-state index in [1.54, 1.807) is 13.3 Å². The summed E-state index contributed by atoms with van der Waals surface area (Å²) in [6.45, 7) is 1.58. The van der Waals surface area contributed by atoms with Gasteiger partial charge in [0, 0.05) is 20.2 Å². The SMILES string of the molecule is COCCNC(=O)c1cnc(NCc2ccccc2)cn1. The van der Waals surface area contributed by atoms with E-state index in [1.165, 1.54) is 6.20 Å². The highest BCUT2D eigenvalue weighted by Gasteiger charge is 2.06. The Kier molecular flexibility index (Phi) is 5.66. The highest BCUT2D eigenvalue weighted by atomic mass is 16.5. The molecule has 2 N–H and O–H groups in total. The summed E-state index contributed by atoms with van der Waals surface area (Å²) in [5.74, 6) is 0.376. The molecule has 2 aromatic rings. The molecule has 0 fully saturated rings. The minimum atomic E-state index is -0.255. The van der Waals surface area contributed by atoms with E-state index in [2.05, 4.69) is 20.6 Å². The molecule has 0 saturated carbocycles. The van der Waals surface area contributed by atoms with Gasteiger partial charge in [0.1, 0.15) is 11.5 Å². The Labute approximate surface area is 123 Å². The summed E-state index contributed by atoms with van der Waals surface area (Å²) < 4.78 is 4.86. The number of carbonyl (C=O) groups excluding carboxylic acids is 1. The van der Waals surface area contributed by atoms with E-state index in [0.717, 1.165) is 5.56 Å². The molecule has 0 aliphatic heterocycles. The van der Waals surface area contributed by atoms with Crippen LogP contribution in [0.1, 0.15) is 16.1 Å². The van der Waals surface area contributed by atoms with Gasteiger partial charge in [0.05, 0.1) is 19.0 Å². The number of methoxy groups -OCH3 is 1. The lowest BCUT2D eigenvalue weighted by atomic mass is 10.2. The van der Waals surface area contributed by atoms with E-state index < -0.39 is 0 Å². The number of ether oxygens (including phenoxy) is 1. The highest BCUT2D eigenvalue weighted by Crippen LogP contribution is 2.05. The summed E-state index contributed by atoms with van der Waals surface area (Å²) in [5, 5.41) is 5.84. The fourth-order valence-electron chi connectivity index (χ4n) is 1.68. The molecule has 1 aromatic carbocycles. The van der Waals surface area contributed by atoms with Crippen LogP contribution in [-0.4, -0.2) is 36.1 Å². The molecule has 0 bridgehead atoms. The molecule has 0 unspecified atom stereocenters. The number of anilines is 1. The van der Waals surface area contributed by atoms with Gasteiger partial charge < -0.3 is 15.4 Å². The van der Waals surface area contributed by atoms with Gasteiger partial charge in [-0.15, -0.1) is 0 Å². The molecule has 0 aliphatic carbocycles. The summed E-state index contributed by atoms with van der Waals surface area (Å²) in [6.07, 6.45) is 3.00. The maximum Gasteiger partial charge on any atom is 0.271 e. The normalized spacial score (nSPS) is 10.1. The predicted octanol–water partition coefficient (Wildman–Crippen LogP) is 1.46. The first-order valence-corrected chi connectivity index (χ1v) is 6.66. The van der Waals surface area contributed by atoms with E-state index in [4.69, 9.17) is 4.74 Å². The van der Waals surface area contributed by atoms with Crippen molar-refractivity contribution in [2.24, 2.45) is 0 Å². The number of carbonyl (C=O) groups is 1. The molecule has 1 heterocycles. The standard InChI is InChI=1S/C15H18N4O2/c1-21-8-7-16-15(20)13-10-19-14(11-17-13)18-9-12-5-3-2-4-6-12/h2-6,10-11H,7-9H2,1H3,(H,16,20)(H,18,19). The van der Waals surface area contributed by atoms with Crippen LogP contribution in [-0.2, 0) is 11.3 Å². The third-order valence-electron chi connectivity index (χ3n) is 2.79. The monoisotopic (exact) mass is 286 g/mol. The van der Waals surface area contributed by atoms with Gasteiger partial charge in [-0.2, -0.15) is 0 Å². The largest absolute Gasteiger partial charge is 0.383 e. The van der Waals surface area contributed by atoms with Crippen molar-refractivity contribution in [2.75, 3.05) is 25.6 Å². The van der Waals surface area contributed by atoms with Crippen molar-refractivity contribution in [3.8, 4) is 0 Å². The third-order valence-corrected chi connectivity index (χ3v) is 2.79. The number of benzene rings is 1. The Morgan fingerprint density at radius 3 is 2.67 bits per heavy atom. The lowest BCUT2D eigenvalue weighted by Gasteiger charge is -2.06. The van der Waals surface area contributed by atoms with Crippen LogP contribution in [0.15, 0.2) is 42.7 Å². The number of amides is 1. The van der Waals surface area contributed by atoms with Crippen molar-refractivity contribution < 1.29 is 9.53 Å². The second-order valence-electron chi connectivity index (χ2n) is 4.37. The molecule has 0 atom stereocenters. The second-order valence-corrected chi connectivity index (χ2v) is 4.37. The summed E-state index contributed by atoms with van der Waals surface area (Å²) in [6, 6.07) is 9.99. The molecule has 0 saturated heterocycles. The van der Waals surface area contributed by atoms with Crippen LogP contribution in [0.25, 0.3) is 0 Å². The van der Waals surface area contributed by atoms with Crippen LogP contribution in [0.2, 0.25) is 0 Å². The average molecular weight is 286 g/mol. The van der Waals surface area contributed by atoms with Gasteiger partial charge in [-0.05, 0) is 5.56 Å². The molecule has 6 heteroatoms. The molecule has 21 heavy (non-hydrogen) atoms. The van der Waals surface area contributed by atoms with Crippen molar-refractivity contribution >= 4 is 11.7 Å². The molecule has 0 radical (unpaired) electrons. The minimum Gasteiger partial charge on any atom is -0.383 e. The van der Waals surface area contributed by atoms with Gasteiger partial charge in [-0.3, -0.25) is 4.79 Å². The number of rotatable bonds is 7. The van der Waals surface area contributed by atoms with Crippen LogP contribution >= 0.6 is 0 Å². The van der Waals surface area contributed by atoms with Gasteiger partial charge in [0.15, 0.2) is 0 Å². The zero-order valence-corrected chi connectivity index (χ0v) is 11.9. The maximum absolute atomic E-state index is 11.7. The molecule has 1 amide bonds. The Morgan fingerprint density at radius 2 is 2.00 bits per heavy atom. The molecule has 2 rings (SSSR count). The number of hydrogen-bond donors (Lipinski definition) is 2. The van der Waals surface area contributed by atoms with Crippen molar-refractivity contribution in [3.05, 3.63) is 54.0 Å². The van der Waals surface area contributed by atoms with Gasteiger partial charge >= 0.3 is 0 Å². The first-order chi connectivity index (χ1) is 10.3. The van der Waals surface area contributed by atoms with Gasteiger partial charge in [-0.25, -0.2) is 9.97 Å². The predicted molar refractivity (Wildman–Crippen MR) is 80.0 cm³/mol. The first-order valence-electron chi connectivity index (χ1n) is 6.66. The van der Waals surface area contributed by atoms with Crippen LogP contribution < -0.4 is 10.6 Å². The highest BCUT2D eigenvalue weighted by molar-refractivity contribution is 5.91.